The van der Waals surface area contributed by atoms with Crippen molar-refractivity contribution in [2.24, 2.45) is 11.0 Å². The van der Waals surface area contributed by atoms with E-state index in [1.807, 2.05) is 13.8 Å². The lowest BCUT2D eigenvalue weighted by molar-refractivity contribution is 0.0950. The van der Waals surface area contributed by atoms with Gasteiger partial charge in [-0.2, -0.15) is 5.10 Å². The number of aromatic nitrogens is 1. The van der Waals surface area contributed by atoms with Crippen LogP contribution in [0.15, 0.2) is 45.6 Å². The second kappa shape index (κ2) is 6.22. The molecule has 2 rings (SSSR count). The summed E-state index contributed by atoms with van der Waals surface area (Å²) in [5.41, 5.74) is 6.27. The van der Waals surface area contributed by atoms with Crippen molar-refractivity contribution >= 4 is 27.5 Å². The normalized spacial score (nSPS) is 20.6. The minimum atomic E-state index is -0.242. The minimum Gasteiger partial charge on any atom is -0.356 e. The van der Waals surface area contributed by atoms with E-state index in [1.165, 1.54) is 0 Å². The van der Waals surface area contributed by atoms with E-state index >= 15 is 0 Å². The summed E-state index contributed by atoms with van der Waals surface area (Å²) in [6.45, 7) is 8.05. The van der Waals surface area contributed by atoms with Crippen LogP contribution in [0.1, 0.15) is 37.2 Å². The molecule has 0 spiro atoms. The van der Waals surface area contributed by atoms with Crippen LogP contribution in [0, 0.1) is 5.92 Å². The van der Waals surface area contributed by atoms with Gasteiger partial charge in [0.2, 0.25) is 0 Å². The third-order valence-electron chi connectivity index (χ3n) is 3.49. The minimum absolute atomic E-state index is 0.242. The Morgan fingerprint density at radius 3 is 2.95 bits per heavy atom. The standard InChI is InChI=1S/C15H18BrN3O/c1-9(2)11-5-4-10(3)13(6-11)18-19-15(20)14-7-12(16)8-17-14/h4,7-8,11,17H,1,5-6H2,2-3H3,(H,19,20)/b18-13-/t11-/m1/s1. The molecule has 4 nitrogen and oxygen atoms in total. The van der Waals surface area contributed by atoms with Gasteiger partial charge in [-0.15, -0.1) is 0 Å². The van der Waals surface area contributed by atoms with Crippen LogP contribution in [0.4, 0.5) is 0 Å². The van der Waals surface area contributed by atoms with E-state index in [2.05, 4.69) is 44.1 Å². The lowest BCUT2D eigenvalue weighted by atomic mass is 9.85. The molecule has 0 saturated heterocycles. The number of hydrogen-bond acceptors (Lipinski definition) is 2. The number of amides is 1. The summed E-state index contributed by atoms with van der Waals surface area (Å²) in [7, 11) is 0. The fourth-order valence-corrected chi connectivity index (χ4v) is 2.44. The van der Waals surface area contributed by atoms with Gasteiger partial charge in [0.05, 0.1) is 5.71 Å². The van der Waals surface area contributed by atoms with Crippen molar-refractivity contribution in [2.75, 3.05) is 0 Å². The van der Waals surface area contributed by atoms with Crippen LogP contribution in [0.5, 0.6) is 0 Å². The molecule has 0 bridgehead atoms. The van der Waals surface area contributed by atoms with Gasteiger partial charge in [0.15, 0.2) is 0 Å². The maximum absolute atomic E-state index is 11.9. The predicted octanol–water partition coefficient (Wildman–Crippen LogP) is 3.80. The van der Waals surface area contributed by atoms with Crippen LogP contribution < -0.4 is 5.43 Å². The molecule has 1 amide bonds. The smallest absolute Gasteiger partial charge is 0.287 e. The molecule has 1 aromatic heterocycles. The lowest BCUT2D eigenvalue weighted by Crippen LogP contribution is -2.23. The topological polar surface area (TPSA) is 57.2 Å². The number of nitrogens with one attached hydrogen (secondary N) is 2. The van der Waals surface area contributed by atoms with Gasteiger partial charge < -0.3 is 4.98 Å². The van der Waals surface area contributed by atoms with Crippen LogP contribution in [0.2, 0.25) is 0 Å². The summed E-state index contributed by atoms with van der Waals surface area (Å²) < 4.78 is 0.839. The maximum Gasteiger partial charge on any atom is 0.287 e. The molecule has 106 valence electrons. The molecule has 0 unspecified atom stereocenters. The number of halogens is 1. The number of allylic oxidation sites excluding steroid dienone is 3. The van der Waals surface area contributed by atoms with E-state index in [4.69, 9.17) is 0 Å². The summed E-state index contributed by atoms with van der Waals surface area (Å²) in [5, 5.41) is 4.25. The van der Waals surface area contributed by atoms with Crippen molar-refractivity contribution in [2.45, 2.75) is 26.7 Å². The first-order chi connectivity index (χ1) is 9.47. The molecule has 0 saturated carbocycles. The van der Waals surface area contributed by atoms with Gasteiger partial charge in [-0.05, 0) is 60.2 Å². The Balaban J connectivity index is 2.06. The third-order valence-corrected chi connectivity index (χ3v) is 3.94. The summed E-state index contributed by atoms with van der Waals surface area (Å²) in [6.07, 6.45) is 5.69. The van der Waals surface area contributed by atoms with Gasteiger partial charge in [-0.3, -0.25) is 4.79 Å². The number of aromatic amines is 1. The van der Waals surface area contributed by atoms with Crippen molar-refractivity contribution in [3.05, 3.63) is 46.2 Å². The average Bonchev–Trinajstić information content (AvgIpc) is 2.84. The fourth-order valence-electron chi connectivity index (χ4n) is 2.10. The zero-order valence-corrected chi connectivity index (χ0v) is 13.3. The van der Waals surface area contributed by atoms with Gasteiger partial charge in [0.1, 0.15) is 5.69 Å². The molecule has 5 heteroatoms. The van der Waals surface area contributed by atoms with Gasteiger partial charge in [0.25, 0.3) is 5.91 Å². The highest BCUT2D eigenvalue weighted by Gasteiger charge is 2.19. The number of hydrazone groups is 1. The van der Waals surface area contributed by atoms with Gasteiger partial charge >= 0.3 is 0 Å². The molecule has 1 aliphatic carbocycles. The van der Waals surface area contributed by atoms with Crippen molar-refractivity contribution < 1.29 is 4.79 Å². The Kier molecular flexibility index (Phi) is 4.60. The summed E-state index contributed by atoms with van der Waals surface area (Å²) in [5.74, 6) is 0.169. The summed E-state index contributed by atoms with van der Waals surface area (Å²) in [6, 6.07) is 1.72. The first-order valence-electron chi connectivity index (χ1n) is 6.50. The first-order valence-corrected chi connectivity index (χ1v) is 7.30. The predicted molar refractivity (Wildman–Crippen MR) is 84.7 cm³/mol. The van der Waals surface area contributed by atoms with E-state index in [0.29, 0.717) is 11.6 Å². The van der Waals surface area contributed by atoms with Crippen molar-refractivity contribution in [3.63, 3.8) is 0 Å². The quantitative estimate of drug-likeness (QED) is 0.640. The molecule has 1 aliphatic rings. The van der Waals surface area contributed by atoms with Crippen molar-refractivity contribution in [1.82, 2.24) is 10.4 Å². The highest BCUT2D eigenvalue weighted by molar-refractivity contribution is 9.10. The number of rotatable bonds is 3. The molecular weight excluding hydrogens is 318 g/mol. The second-order valence-corrected chi connectivity index (χ2v) is 6.02. The van der Waals surface area contributed by atoms with Crippen molar-refractivity contribution in [3.8, 4) is 0 Å². The lowest BCUT2D eigenvalue weighted by Gasteiger charge is -2.22. The van der Waals surface area contributed by atoms with E-state index < -0.39 is 0 Å². The number of carbonyl (C=O) groups excluding carboxylic acids is 1. The van der Waals surface area contributed by atoms with E-state index in [1.54, 1.807) is 12.3 Å². The SMILES string of the molecule is C=C(C)[C@@H]1CC=C(C)/C(=N\NC(=O)c2cc(Br)c[nH]2)C1. The zero-order chi connectivity index (χ0) is 14.7. The molecule has 0 aromatic carbocycles. The highest BCUT2D eigenvalue weighted by Crippen LogP contribution is 2.26. The monoisotopic (exact) mass is 335 g/mol. The Hall–Kier alpha value is -1.62. The molecular formula is C15H18BrN3O. The van der Waals surface area contributed by atoms with Crippen LogP contribution in [0.25, 0.3) is 0 Å². The van der Waals surface area contributed by atoms with Crippen molar-refractivity contribution in [1.29, 1.82) is 0 Å². The number of carbonyl (C=O) groups is 1. The van der Waals surface area contributed by atoms with E-state index in [-0.39, 0.29) is 5.91 Å². The molecule has 1 aromatic rings. The molecule has 0 fully saturated rings. The molecule has 0 radical (unpaired) electrons. The summed E-state index contributed by atoms with van der Waals surface area (Å²) in [4.78, 5) is 14.8. The van der Waals surface area contributed by atoms with Gasteiger partial charge in [0, 0.05) is 10.7 Å². The molecule has 2 N–H and O–H groups in total. The number of hydrogen-bond donors (Lipinski definition) is 2. The summed E-state index contributed by atoms with van der Waals surface area (Å²) >= 11 is 3.30. The Labute approximate surface area is 127 Å². The largest absolute Gasteiger partial charge is 0.356 e. The Bertz CT molecular complexity index is 598. The molecule has 0 aliphatic heterocycles. The van der Waals surface area contributed by atoms with Crippen LogP contribution in [-0.2, 0) is 0 Å². The third kappa shape index (κ3) is 3.48. The second-order valence-electron chi connectivity index (χ2n) is 5.10. The number of H-pyrrole nitrogens is 1. The maximum atomic E-state index is 11.9. The zero-order valence-electron chi connectivity index (χ0n) is 11.7. The fraction of sp³-hybridized carbons (Fsp3) is 0.333. The molecule has 20 heavy (non-hydrogen) atoms. The van der Waals surface area contributed by atoms with E-state index in [0.717, 1.165) is 34.2 Å². The molecule has 1 heterocycles. The van der Waals surface area contributed by atoms with Gasteiger partial charge in [-0.25, -0.2) is 5.43 Å². The van der Waals surface area contributed by atoms with E-state index in [9.17, 15) is 4.79 Å². The van der Waals surface area contributed by atoms with Crippen LogP contribution >= 0.6 is 15.9 Å². The van der Waals surface area contributed by atoms with Crippen LogP contribution in [-0.4, -0.2) is 16.6 Å². The van der Waals surface area contributed by atoms with Gasteiger partial charge in [-0.1, -0.05) is 18.2 Å². The average molecular weight is 336 g/mol. The Morgan fingerprint density at radius 2 is 2.35 bits per heavy atom. The van der Waals surface area contributed by atoms with Crippen LogP contribution in [0.3, 0.4) is 0 Å². The number of nitrogens with zero attached hydrogens (tertiary/aromatic N) is 1. The Morgan fingerprint density at radius 1 is 1.60 bits per heavy atom. The molecule has 1 atom stereocenters. The first kappa shape index (κ1) is 14.8. The highest BCUT2D eigenvalue weighted by atomic mass is 79.9.